The molecule has 0 aliphatic heterocycles. The number of aromatic nitrogens is 4. The molecular weight excluding hydrogens is 378 g/mol. The molecule has 0 aliphatic carbocycles. The van der Waals surface area contributed by atoms with E-state index in [1.807, 2.05) is 51.1 Å². The Labute approximate surface area is 174 Å². The van der Waals surface area contributed by atoms with E-state index in [2.05, 4.69) is 10.1 Å². The van der Waals surface area contributed by atoms with E-state index < -0.39 is 0 Å². The molecule has 0 atom stereocenters. The lowest BCUT2D eigenvalue weighted by molar-refractivity contribution is 0.433. The van der Waals surface area contributed by atoms with Gasteiger partial charge >= 0.3 is 0 Å². The van der Waals surface area contributed by atoms with E-state index in [0.717, 1.165) is 22.4 Å². The van der Waals surface area contributed by atoms with Gasteiger partial charge in [-0.25, -0.2) is 4.98 Å². The summed E-state index contributed by atoms with van der Waals surface area (Å²) in [7, 11) is 0. The van der Waals surface area contributed by atoms with Gasteiger partial charge in [-0.15, -0.1) is 0 Å². The number of hydrogen-bond acceptors (Lipinski definition) is 6. The predicted molar refractivity (Wildman–Crippen MR) is 116 cm³/mol. The van der Waals surface area contributed by atoms with E-state index in [1.54, 1.807) is 29.1 Å². The first kappa shape index (κ1) is 19.7. The van der Waals surface area contributed by atoms with Crippen LogP contribution >= 0.6 is 0 Å². The van der Waals surface area contributed by atoms with E-state index >= 15 is 0 Å². The zero-order valence-corrected chi connectivity index (χ0v) is 17.2. The largest absolute Gasteiger partial charge is 0.354 e. The summed E-state index contributed by atoms with van der Waals surface area (Å²) in [6.07, 6.45) is 3.51. The van der Waals surface area contributed by atoms with Gasteiger partial charge in [0.2, 0.25) is 0 Å². The number of nitrogens with zero attached hydrogens (tertiary/aromatic N) is 4. The second-order valence-electron chi connectivity index (χ2n) is 7.42. The predicted octanol–water partition coefficient (Wildman–Crippen LogP) is 3.98. The highest BCUT2D eigenvalue weighted by atomic mass is 16.5. The third kappa shape index (κ3) is 3.79. The Morgan fingerprint density at radius 2 is 1.80 bits per heavy atom. The maximum Gasteiger partial charge on any atom is 0.250 e. The van der Waals surface area contributed by atoms with Gasteiger partial charge in [-0.1, -0.05) is 29.4 Å². The summed E-state index contributed by atoms with van der Waals surface area (Å²) < 4.78 is 7.26. The highest BCUT2D eigenvalue weighted by Gasteiger charge is 2.15. The number of hydrogen-bond donors (Lipinski definition) is 1. The summed E-state index contributed by atoms with van der Waals surface area (Å²) in [5.74, 6) is 0.539. The molecule has 0 aliphatic rings. The van der Waals surface area contributed by atoms with E-state index in [1.165, 1.54) is 0 Å². The molecule has 4 aromatic rings. The quantitative estimate of drug-likeness (QED) is 0.543. The van der Waals surface area contributed by atoms with Gasteiger partial charge in [0.05, 0.1) is 17.6 Å². The van der Waals surface area contributed by atoms with Crippen LogP contribution < -0.4 is 11.3 Å². The highest BCUT2D eigenvalue weighted by molar-refractivity contribution is 5.68. The van der Waals surface area contributed by atoms with Crippen molar-refractivity contribution in [1.82, 2.24) is 19.7 Å². The van der Waals surface area contributed by atoms with E-state index in [0.29, 0.717) is 29.4 Å². The molecule has 0 saturated heterocycles. The van der Waals surface area contributed by atoms with Crippen molar-refractivity contribution in [2.45, 2.75) is 33.4 Å². The Kier molecular flexibility index (Phi) is 5.29. The fourth-order valence-corrected chi connectivity index (χ4v) is 3.21. The lowest BCUT2D eigenvalue weighted by Gasteiger charge is -2.11. The Hall–Kier alpha value is -3.58. The molecular formula is C23H23N5O2. The zero-order chi connectivity index (χ0) is 21.3. The molecule has 1 aromatic carbocycles. The number of rotatable bonds is 5. The van der Waals surface area contributed by atoms with Crippen molar-refractivity contribution in [3.63, 3.8) is 0 Å². The van der Waals surface area contributed by atoms with Crippen molar-refractivity contribution in [1.29, 1.82) is 0 Å². The molecule has 7 heteroatoms. The maximum atomic E-state index is 12.1. The van der Waals surface area contributed by atoms with Crippen LogP contribution in [0.25, 0.3) is 34.0 Å². The van der Waals surface area contributed by atoms with Gasteiger partial charge in [-0.2, -0.15) is 0 Å². The van der Waals surface area contributed by atoms with Gasteiger partial charge in [0.1, 0.15) is 11.4 Å². The fraction of sp³-hybridized carbons (Fsp3) is 0.217. The summed E-state index contributed by atoms with van der Waals surface area (Å²) in [4.78, 5) is 21.3. The molecule has 0 unspecified atom stereocenters. The van der Waals surface area contributed by atoms with Crippen LogP contribution in [0.3, 0.4) is 0 Å². The van der Waals surface area contributed by atoms with Crippen molar-refractivity contribution < 1.29 is 4.52 Å². The SMILES string of the molecule is Cc1ncc(-c2ccc(=O)n(C(C)C)c2)nc1-c1cc(-c2ccc(CN)cc2)no1. The lowest BCUT2D eigenvalue weighted by atomic mass is 10.1. The molecule has 3 aromatic heterocycles. The minimum absolute atomic E-state index is 0.0467. The van der Waals surface area contributed by atoms with Crippen LogP contribution in [0.1, 0.15) is 31.1 Å². The van der Waals surface area contributed by atoms with Crippen molar-refractivity contribution in [2.75, 3.05) is 0 Å². The molecule has 7 nitrogen and oxygen atoms in total. The lowest BCUT2D eigenvalue weighted by Crippen LogP contribution is -2.20. The van der Waals surface area contributed by atoms with Gasteiger partial charge in [-0.3, -0.25) is 9.78 Å². The molecule has 0 saturated carbocycles. The van der Waals surface area contributed by atoms with E-state index in [9.17, 15) is 4.79 Å². The van der Waals surface area contributed by atoms with Crippen LogP contribution in [-0.2, 0) is 6.54 Å². The molecule has 0 radical (unpaired) electrons. The van der Waals surface area contributed by atoms with Crippen molar-refractivity contribution in [3.05, 3.63) is 76.5 Å². The van der Waals surface area contributed by atoms with Crippen molar-refractivity contribution >= 4 is 0 Å². The van der Waals surface area contributed by atoms with Crippen LogP contribution in [0.4, 0.5) is 0 Å². The average Bonchev–Trinajstić information content (AvgIpc) is 3.24. The number of nitrogens with two attached hydrogens (primary N) is 1. The summed E-state index contributed by atoms with van der Waals surface area (Å²) in [6.45, 7) is 6.30. The molecule has 0 fully saturated rings. The third-order valence-electron chi connectivity index (χ3n) is 4.97. The molecule has 0 amide bonds. The topological polar surface area (TPSA) is 99.8 Å². The monoisotopic (exact) mass is 401 g/mol. The van der Waals surface area contributed by atoms with Gasteiger partial charge in [0.25, 0.3) is 5.56 Å². The molecule has 4 rings (SSSR count). The van der Waals surface area contributed by atoms with Gasteiger partial charge < -0.3 is 14.8 Å². The molecule has 30 heavy (non-hydrogen) atoms. The fourth-order valence-electron chi connectivity index (χ4n) is 3.21. The third-order valence-corrected chi connectivity index (χ3v) is 4.97. The Balaban J connectivity index is 1.72. The molecule has 3 heterocycles. The van der Waals surface area contributed by atoms with Crippen LogP contribution in [-0.4, -0.2) is 19.7 Å². The zero-order valence-electron chi connectivity index (χ0n) is 17.2. The summed E-state index contributed by atoms with van der Waals surface area (Å²) in [5.41, 5.74) is 11.2. The first-order valence-electron chi connectivity index (χ1n) is 9.79. The second-order valence-corrected chi connectivity index (χ2v) is 7.42. The molecule has 152 valence electrons. The Bertz CT molecular complexity index is 1240. The maximum absolute atomic E-state index is 12.1. The first-order valence-corrected chi connectivity index (χ1v) is 9.79. The molecule has 0 spiro atoms. The highest BCUT2D eigenvalue weighted by Crippen LogP contribution is 2.28. The number of benzene rings is 1. The second kappa shape index (κ2) is 8.04. The Morgan fingerprint density at radius 1 is 1.07 bits per heavy atom. The number of aryl methyl sites for hydroxylation is 1. The van der Waals surface area contributed by atoms with Crippen LogP contribution in [0.2, 0.25) is 0 Å². The summed E-state index contributed by atoms with van der Waals surface area (Å²) in [5, 5.41) is 4.19. The van der Waals surface area contributed by atoms with E-state index in [-0.39, 0.29) is 11.6 Å². The van der Waals surface area contributed by atoms with Gasteiger partial charge in [0.15, 0.2) is 5.76 Å². The summed E-state index contributed by atoms with van der Waals surface area (Å²) >= 11 is 0. The van der Waals surface area contributed by atoms with Crippen LogP contribution in [0.5, 0.6) is 0 Å². The Morgan fingerprint density at radius 3 is 2.50 bits per heavy atom. The van der Waals surface area contributed by atoms with Gasteiger partial charge in [-0.05, 0) is 32.4 Å². The van der Waals surface area contributed by atoms with Crippen molar-refractivity contribution in [3.8, 4) is 34.0 Å². The minimum Gasteiger partial charge on any atom is -0.354 e. The molecule has 0 bridgehead atoms. The number of pyridine rings is 1. The minimum atomic E-state index is -0.0467. The van der Waals surface area contributed by atoms with Crippen LogP contribution in [0, 0.1) is 6.92 Å². The summed E-state index contributed by atoms with van der Waals surface area (Å²) in [6, 6.07) is 13.1. The standard InChI is InChI=1S/C23H23N5O2/c1-14(2)28-13-18(8-9-22(28)29)20-12-25-15(3)23(26-20)21-10-19(27-30-21)17-6-4-16(11-24)5-7-17/h4-10,12-14H,11,24H2,1-3H3. The molecule has 2 N–H and O–H groups in total. The van der Waals surface area contributed by atoms with Gasteiger partial charge in [0, 0.05) is 42.0 Å². The van der Waals surface area contributed by atoms with E-state index in [4.69, 9.17) is 15.2 Å². The average molecular weight is 401 g/mol. The van der Waals surface area contributed by atoms with Crippen molar-refractivity contribution in [2.24, 2.45) is 5.73 Å². The van der Waals surface area contributed by atoms with Crippen LogP contribution in [0.15, 0.2) is 64.2 Å². The first-order chi connectivity index (χ1) is 14.5. The normalized spacial score (nSPS) is 11.2. The smallest absolute Gasteiger partial charge is 0.250 e.